The number of benzene rings is 1. The van der Waals surface area contributed by atoms with Crippen LogP contribution in [0.1, 0.15) is 31.0 Å². The van der Waals surface area contributed by atoms with E-state index in [1.54, 1.807) is 6.92 Å². The van der Waals surface area contributed by atoms with Gasteiger partial charge in [0.15, 0.2) is 11.2 Å². The van der Waals surface area contributed by atoms with Crippen LogP contribution in [0.15, 0.2) is 15.3 Å². The number of H-pyrrole nitrogens is 1. The third-order valence-corrected chi connectivity index (χ3v) is 3.51. The maximum Gasteiger partial charge on any atom is 0.196 e. The number of nitrogens with one attached hydrogen (secondary N) is 1. The fourth-order valence-corrected chi connectivity index (χ4v) is 2.59. The fraction of sp³-hybridized carbons (Fsp3) is 0.308. The molecule has 0 saturated heterocycles. The van der Waals surface area contributed by atoms with Gasteiger partial charge in [-0.25, -0.2) is 8.78 Å². The molecule has 18 heavy (non-hydrogen) atoms. The second-order valence-corrected chi connectivity index (χ2v) is 5.41. The molecular weight excluding hydrogens is 304 g/mol. The first-order chi connectivity index (χ1) is 8.34. The molecule has 0 atom stereocenters. The van der Waals surface area contributed by atoms with Crippen molar-refractivity contribution >= 4 is 26.8 Å². The Morgan fingerprint density at radius 2 is 1.94 bits per heavy atom. The molecule has 1 aromatic heterocycles. The summed E-state index contributed by atoms with van der Waals surface area (Å²) in [5.41, 5.74) is 0.526. The lowest BCUT2D eigenvalue weighted by Gasteiger charge is -2.12. The highest BCUT2D eigenvalue weighted by Crippen LogP contribution is 2.26. The highest BCUT2D eigenvalue weighted by Gasteiger charge is 2.19. The SMILES string of the molecule is Cc1[nH]c2c(F)cc(Br)c(F)c2c(=O)c1C(C)C. The number of fused-ring (bicyclic) bond motifs is 1. The topological polar surface area (TPSA) is 32.9 Å². The molecule has 0 saturated carbocycles. The zero-order valence-electron chi connectivity index (χ0n) is 10.2. The van der Waals surface area contributed by atoms with E-state index in [2.05, 4.69) is 20.9 Å². The Bertz CT molecular complexity index is 692. The number of aromatic nitrogens is 1. The second-order valence-electron chi connectivity index (χ2n) is 4.55. The van der Waals surface area contributed by atoms with Gasteiger partial charge < -0.3 is 4.98 Å². The molecule has 1 N–H and O–H groups in total. The van der Waals surface area contributed by atoms with Crippen LogP contribution >= 0.6 is 15.9 Å². The van der Waals surface area contributed by atoms with E-state index >= 15 is 0 Å². The predicted octanol–water partition coefficient (Wildman–Crippen LogP) is 4.00. The van der Waals surface area contributed by atoms with Gasteiger partial charge >= 0.3 is 0 Å². The van der Waals surface area contributed by atoms with Gasteiger partial charge in [-0.05, 0) is 34.8 Å². The molecule has 2 aromatic rings. The van der Waals surface area contributed by atoms with Gasteiger partial charge in [-0.2, -0.15) is 0 Å². The third-order valence-electron chi connectivity index (χ3n) is 2.94. The molecule has 0 bridgehead atoms. The Hall–Kier alpha value is -1.23. The first-order valence-electron chi connectivity index (χ1n) is 5.54. The molecule has 0 aliphatic rings. The number of aromatic amines is 1. The van der Waals surface area contributed by atoms with E-state index < -0.39 is 17.1 Å². The monoisotopic (exact) mass is 315 g/mol. The van der Waals surface area contributed by atoms with Crippen molar-refractivity contribution < 1.29 is 8.78 Å². The molecule has 0 aliphatic carbocycles. The normalized spacial score (nSPS) is 11.5. The van der Waals surface area contributed by atoms with E-state index in [1.165, 1.54) is 0 Å². The highest BCUT2D eigenvalue weighted by molar-refractivity contribution is 9.10. The van der Waals surface area contributed by atoms with Crippen molar-refractivity contribution in [3.8, 4) is 0 Å². The van der Waals surface area contributed by atoms with Crippen LogP contribution < -0.4 is 5.43 Å². The molecular formula is C13H12BrF2NO. The molecule has 2 rings (SSSR count). The Kier molecular flexibility index (Phi) is 3.27. The predicted molar refractivity (Wildman–Crippen MR) is 71.0 cm³/mol. The Labute approximate surface area is 111 Å². The van der Waals surface area contributed by atoms with E-state index in [9.17, 15) is 13.6 Å². The highest BCUT2D eigenvalue weighted by atomic mass is 79.9. The molecule has 96 valence electrons. The van der Waals surface area contributed by atoms with Gasteiger partial charge in [0.05, 0.1) is 15.4 Å². The molecule has 1 heterocycles. The summed E-state index contributed by atoms with van der Waals surface area (Å²) >= 11 is 2.91. The second kappa shape index (κ2) is 4.46. The van der Waals surface area contributed by atoms with Crippen molar-refractivity contribution in [2.45, 2.75) is 26.7 Å². The summed E-state index contributed by atoms with van der Waals surface area (Å²) in [7, 11) is 0. The van der Waals surface area contributed by atoms with Gasteiger partial charge in [-0.15, -0.1) is 0 Å². The lowest BCUT2D eigenvalue weighted by Crippen LogP contribution is -2.16. The van der Waals surface area contributed by atoms with Crippen molar-refractivity contribution in [3.63, 3.8) is 0 Å². The molecule has 0 radical (unpaired) electrons. The lowest BCUT2D eigenvalue weighted by atomic mass is 9.98. The zero-order chi connectivity index (χ0) is 13.6. The van der Waals surface area contributed by atoms with Gasteiger partial charge in [0.2, 0.25) is 0 Å². The Balaban J connectivity index is 3.07. The van der Waals surface area contributed by atoms with Crippen molar-refractivity contribution in [2.75, 3.05) is 0 Å². The summed E-state index contributed by atoms with van der Waals surface area (Å²) in [5.74, 6) is -1.43. The van der Waals surface area contributed by atoms with Crippen LogP contribution in [0.4, 0.5) is 8.78 Å². The smallest absolute Gasteiger partial charge is 0.196 e. The van der Waals surface area contributed by atoms with Crippen LogP contribution in [-0.2, 0) is 0 Å². The number of hydrogen-bond donors (Lipinski definition) is 1. The molecule has 0 aliphatic heterocycles. The summed E-state index contributed by atoms with van der Waals surface area (Å²) in [5, 5.41) is -0.226. The average Bonchev–Trinajstić information content (AvgIpc) is 2.25. The van der Waals surface area contributed by atoms with Crippen LogP contribution in [-0.4, -0.2) is 4.98 Å². The fourth-order valence-electron chi connectivity index (χ4n) is 2.19. The minimum absolute atomic E-state index is 0.0449. The number of pyridine rings is 1. The molecule has 0 fully saturated rings. The maximum absolute atomic E-state index is 14.0. The van der Waals surface area contributed by atoms with Crippen molar-refractivity contribution in [2.24, 2.45) is 0 Å². The van der Waals surface area contributed by atoms with Gasteiger partial charge in [-0.1, -0.05) is 13.8 Å². The van der Waals surface area contributed by atoms with Crippen LogP contribution in [0, 0.1) is 18.6 Å². The maximum atomic E-state index is 14.0. The Morgan fingerprint density at radius 3 is 2.50 bits per heavy atom. The molecule has 0 spiro atoms. The summed E-state index contributed by atoms with van der Waals surface area (Å²) in [6.45, 7) is 5.38. The van der Waals surface area contributed by atoms with Crippen LogP contribution in [0.5, 0.6) is 0 Å². The standard InChI is InChI=1S/C13H12BrF2NO/c1-5(2)9-6(3)17-12-8(15)4-7(14)11(16)10(12)13(9)18/h4-5H,1-3H3,(H,17,18). The van der Waals surface area contributed by atoms with E-state index in [0.29, 0.717) is 11.3 Å². The van der Waals surface area contributed by atoms with Gasteiger partial charge in [0.1, 0.15) is 5.82 Å². The molecule has 2 nitrogen and oxygen atoms in total. The molecule has 0 unspecified atom stereocenters. The van der Waals surface area contributed by atoms with Crippen molar-refractivity contribution in [1.29, 1.82) is 0 Å². The van der Waals surface area contributed by atoms with Crippen molar-refractivity contribution in [3.05, 3.63) is 43.7 Å². The lowest BCUT2D eigenvalue weighted by molar-refractivity contribution is 0.608. The van der Waals surface area contributed by atoms with Gasteiger partial charge in [0, 0.05) is 11.3 Å². The van der Waals surface area contributed by atoms with Crippen molar-refractivity contribution in [1.82, 2.24) is 4.98 Å². The van der Waals surface area contributed by atoms with E-state index in [1.807, 2.05) is 13.8 Å². The van der Waals surface area contributed by atoms with Crippen LogP contribution in [0.2, 0.25) is 0 Å². The minimum atomic E-state index is -0.727. The molecule has 0 amide bonds. The minimum Gasteiger partial charge on any atom is -0.356 e. The number of aryl methyl sites for hydroxylation is 1. The largest absolute Gasteiger partial charge is 0.356 e. The molecule has 1 aromatic carbocycles. The van der Waals surface area contributed by atoms with Gasteiger partial charge in [-0.3, -0.25) is 4.79 Å². The number of rotatable bonds is 1. The summed E-state index contributed by atoms with van der Waals surface area (Å²) < 4.78 is 27.7. The third kappa shape index (κ3) is 1.86. The quantitative estimate of drug-likeness (QED) is 0.793. The van der Waals surface area contributed by atoms with E-state index in [4.69, 9.17) is 0 Å². The summed E-state index contributed by atoms with van der Waals surface area (Å²) in [4.78, 5) is 15.0. The van der Waals surface area contributed by atoms with Gasteiger partial charge in [0.25, 0.3) is 0 Å². The first-order valence-corrected chi connectivity index (χ1v) is 6.33. The van der Waals surface area contributed by atoms with Crippen LogP contribution in [0.3, 0.4) is 0 Å². The van der Waals surface area contributed by atoms with Crippen LogP contribution in [0.25, 0.3) is 10.9 Å². The Morgan fingerprint density at radius 1 is 1.33 bits per heavy atom. The summed E-state index contributed by atoms with van der Waals surface area (Å²) in [6, 6.07) is 1.02. The first kappa shape index (κ1) is 13.2. The average molecular weight is 316 g/mol. The van der Waals surface area contributed by atoms with E-state index in [0.717, 1.165) is 6.07 Å². The number of halogens is 3. The zero-order valence-corrected chi connectivity index (χ0v) is 11.8. The van der Waals surface area contributed by atoms with E-state index in [-0.39, 0.29) is 21.3 Å². The summed E-state index contributed by atoms with van der Waals surface area (Å²) in [6.07, 6.45) is 0. The molecule has 5 heteroatoms. The number of hydrogen-bond acceptors (Lipinski definition) is 1.